The first-order valence-electron chi connectivity index (χ1n) is 8.13. The van der Waals surface area contributed by atoms with Crippen molar-refractivity contribution >= 4 is 29.9 Å². The minimum Gasteiger partial charge on any atom is -0.465 e. The molecule has 1 heterocycles. The molecule has 0 aliphatic carbocycles. The molecule has 1 aromatic rings. The number of ether oxygens (including phenoxy) is 2. The topological polar surface area (TPSA) is 84.9 Å². The first-order valence-corrected chi connectivity index (χ1v) is 9.11. The third-order valence-corrected chi connectivity index (χ3v) is 4.42. The van der Waals surface area contributed by atoms with E-state index in [0.29, 0.717) is 26.1 Å². The highest BCUT2D eigenvalue weighted by Gasteiger charge is 2.32. The number of nitrogens with zero attached hydrogens (tertiary/aromatic N) is 1. The standard InChI is InChI=1S/C17H22N2O5S/c1-2-23-15(20)12-25-18-16(21)14-8-9-19(10-14)17(22)24-11-13-6-4-3-5-7-13/h3-7,14H,2,8-12H2,1H3,(H,18,21). The molecule has 2 rings (SSSR count). The summed E-state index contributed by atoms with van der Waals surface area (Å²) in [5, 5.41) is 0. The first kappa shape index (κ1) is 19.1. The summed E-state index contributed by atoms with van der Waals surface area (Å²) in [7, 11) is 0. The van der Waals surface area contributed by atoms with Crippen LogP contribution in [0.25, 0.3) is 0 Å². The maximum Gasteiger partial charge on any atom is 0.410 e. The normalized spacial score (nSPS) is 16.4. The molecule has 25 heavy (non-hydrogen) atoms. The number of hydrogen-bond acceptors (Lipinski definition) is 6. The lowest BCUT2D eigenvalue weighted by atomic mass is 10.1. The molecule has 0 saturated carbocycles. The van der Waals surface area contributed by atoms with Crippen molar-refractivity contribution in [3.8, 4) is 0 Å². The smallest absolute Gasteiger partial charge is 0.410 e. The van der Waals surface area contributed by atoms with Gasteiger partial charge in [0.25, 0.3) is 0 Å². The molecule has 1 fully saturated rings. The zero-order valence-electron chi connectivity index (χ0n) is 14.1. The second-order valence-electron chi connectivity index (χ2n) is 5.53. The van der Waals surface area contributed by atoms with Gasteiger partial charge in [0.1, 0.15) is 12.4 Å². The largest absolute Gasteiger partial charge is 0.465 e. The van der Waals surface area contributed by atoms with Crippen LogP contribution in [0.3, 0.4) is 0 Å². The molecule has 7 nitrogen and oxygen atoms in total. The van der Waals surface area contributed by atoms with Crippen molar-refractivity contribution in [2.75, 3.05) is 25.4 Å². The van der Waals surface area contributed by atoms with Crippen LogP contribution in [0.15, 0.2) is 30.3 Å². The Morgan fingerprint density at radius 3 is 2.72 bits per heavy atom. The number of rotatable bonds is 7. The van der Waals surface area contributed by atoms with Crippen LogP contribution in [0.5, 0.6) is 0 Å². The van der Waals surface area contributed by atoms with Gasteiger partial charge >= 0.3 is 12.1 Å². The fraction of sp³-hybridized carbons (Fsp3) is 0.471. The highest BCUT2D eigenvalue weighted by atomic mass is 32.2. The molecule has 1 atom stereocenters. The minimum atomic E-state index is -0.418. The molecular formula is C17H22N2O5S. The van der Waals surface area contributed by atoms with Crippen molar-refractivity contribution in [2.24, 2.45) is 5.92 Å². The summed E-state index contributed by atoms with van der Waals surface area (Å²) in [4.78, 5) is 36.9. The lowest BCUT2D eigenvalue weighted by Crippen LogP contribution is -2.33. The Morgan fingerprint density at radius 2 is 2.00 bits per heavy atom. The summed E-state index contributed by atoms with van der Waals surface area (Å²) in [5.74, 6) is -0.785. The van der Waals surface area contributed by atoms with E-state index in [4.69, 9.17) is 9.47 Å². The Balaban J connectivity index is 1.68. The van der Waals surface area contributed by atoms with Crippen LogP contribution in [-0.2, 0) is 25.7 Å². The van der Waals surface area contributed by atoms with Gasteiger partial charge in [-0.15, -0.1) is 0 Å². The zero-order chi connectivity index (χ0) is 18.1. The number of likely N-dealkylation sites (tertiary alicyclic amines) is 1. The van der Waals surface area contributed by atoms with Crippen LogP contribution < -0.4 is 4.72 Å². The predicted molar refractivity (Wildman–Crippen MR) is 93.5 cm³/mol. The van der Waals surface area contributed by atoms with Gasteiger partial charge in [0.05, 0.1) is 12.5 Å². The van der Waals surface area contributed by atoms with E-state index in [0.717, 1.165) is 17.5 Å². The molecule has 2 amide bonds. The molecule has 1 aliphatic rings. The number of esters is 1. The maximum atomic E-state index is 12.1. The van der Waals surface area contributed by atoms with Gasteiger partial charge in [-0.25, -0.2) is 4.79 Å². The second-order valence-corrected chi connectivity index (χ2v) is 6.31. The van der Waals surface area contributed by atoms with E-state index in [1.165, 1.54) is 4.90 Å². The predicted octanol–water partition coefficient (Wildman–Crippen LogP) is 1.97. The van der Waals surface area contributed by atoms with E-state index in [1.54, 1.807) is 6.92 Å². The van der Waals surface area contributed by atoms with E-state index >= 15 is 0 Å². The van der Waals surface area contributed by atoms with Crippen LogP contribution in [0.4, 0.5) is 4.79 Å². The molecule has 1 aliphatic heterocycles. The van der Waals surface area contributed by atoms with Gasteiger partial charge < -0.3 is 14.4 Å². The molecule has 0 bridgehead atoms. The lowest BCUT2D eigenvalue weighted by molar-refractivity contribution is -0.139. The van der Waals surface area contributed by atoms with E-state index < -0.39 is 6.09 Å². The summed E-state index contributed by atoms with van der Waals surface area (Å²) < 4.78 is 12.7. The monoisotopic (exact) mass is 366 g/mol. The molecule has 1 saturated heterocycles. The summed E-state index contributed by atoms with van der Waals surface area (Å²) >= 11 is 1.00. The quantitative estimate of drug-likeness (QED) is 0.587. The highest BCUT2D eigenvalue weighted by Crippen LogP contribution is 2.18. The molecule has 136 valence electrons. The van der Waals surface area contributed by atoms with Crippen molar-refractivity contribution < 1.29 is 23.9 Å². The Hall–Kier alpha value is -2.22. The first-order chi connectivity index (χ1) is 12.1. The Kier molecular flexibility index (Phi) is 7.59. The van der Waals surface area contributed by atoms with Crippen LogP contribution >= 0.6 is 11.9 Å². The Labute approximate surface area is 151 Å². The third kappa shape index (κ3) is 6.30. The van der Waals surface area contributed by atoms with E-state index in [-0.39, 0.29) is 30.2 Å². The number of carbonyl (C=O) groups excluding carboxylic acids is 3. The van der Waals surface area contributed by atoms with Crippen LogP contribution in [0.1, 0.15) is 18.9 Å². The zero-order valence-corrected chi connectivity index (χ0v) is 14.9. The molecular weight excluding hydrogens is 344 g/mol. The average Bonchev–Trinajstić information content (AvgIpc) is 3.11. The van der Waals surface area contributed by atoms with Crippen molar-refractivity contribution in [3.63, 3.8) is 0 Å². The van der Waals surface area contributed by atoms with E-state index in [1.807, 2.05) is 30.3 Å². The minimum absolute atomic E-state index is 0.0646. The van der Waals surface area contributed by atoms with Crippen molar-refractivity contribution in [3.05, 3.63) is 35.9 Å². The molecule has 1 N–H and O–H groups in total. The van der Waals surface area contributed by atoms with Crippen LogP contribution in [0.2, 0.25) is 0 Å². The average molecular weight is 366 g/mol. The molecule has 0 radical (unpaired) electrons. The number of benzene rings is 1. The van der Waals surface area contributed by atoms with Crippen molar-refractivity contribution in [2.45, 2.75) is 20.0 Å². The second kappa shape index (κ2) is 9.93. The third-order valence-electron chi connectivity index (χ3n) is 3.69. The SMILES string of the molecule is CCOC(=O)CSNC(=O)C1CCN(C(=O)OCc2ccccc2)C1. The fourth-order valence-corrected chi connectivity index (χ4v) is 2.99. The lowest BCUT2D eigenvalue weighted by Gasteiger charge is -2.16. The van der Waals surface area contributed by atoms with Gasteiger partial charge in [-0.3, -0.25) is 14.3 Å². The number of hydrogen-bond donors (Lipinski definition) is 1. The van der Waals surface area contributed by atoms with Crippen molar-refractivity contribution in [1.82, 2.24) is 9.62 Å². The molecule has 1 aromatic carbocycles. The number of amides is 2. The molecule has 8 heteroatoms. The summed E-state index contributed by atoms with van der Waals surface area (Å²) in [5.41, 5.74) is 0.916. The summed E-state index contributed by atoms with van der Waals surface area (Å²) in [6.07, 6.45) is 0.157. The molecule has 0 aromatic heterocycles. The summed E-state index contributed by atoms with van der Waals surface area (Å²) in [6.45, 7) is 3.05. The fourth-order valence-electron chi connectivity index (χ4n) is 2.40. The van der Waals surface area contributed by atoms with E-state index in [9.17, 15) is 14.4 Å². The van der Waals surface area contributed by atoms with Gasteiger partial charge in [-0.05, 0) is 30.9 Å². The van der Waals surface area contributed by atoms with Gasteiger partial charge in [0.15, 0.2) is 0 Å². The molecule has 0 spiro atoms. The van der Waals surface area contributed by atoms with Gasteiger partial charge in [-0.1, -0.05) is 30.3 Å². The Morgan fingerprint density at radius 1 is 1.24 bits per heavy atom. The van der Waals surface area contributed by atoms with Gasteiger partial charge in [0, 0.05) is 13.1 Å². The van der Waals surface area contributed by atoms with Crippen molar-refractivity contribution in [1.29, 1.82) is 0 Å². The molecule has 1 unspecified atom stereocenters. The Bertz CT molecular complexity index is 596. The van der Waals surface area contributed by atoms with Gasteiger partial charge in [-0.2, -0.15) is 0 Å². The maximum absolute atomic E-state index is 12.1. The van der Waals surface area contributed by atoms with E-state index in [2.05, 4.69) is 4.72 Å². The van der Waals surface area contributed by atoms with Gasteiger partial charge in [0.2, 0.25) is 5.91 Å². The number of nitrogens with one attached hydrogen (secondary N) is 1. The number of carbonyl (C=O) groups is 3. The van der Waals surface area contributed by atoms with Crippen LogP contribution in [0, 0.1) is 5.92 Å². The van der Waals surface area contributed by atoms with Crippen LogP contribution in [-0.4, -0.2) is 48.3 Å². The highest BCUT2D eigenvalue weighted by molar-refractivity contribution is 7.98. The summed E-state index contributed by atoms with van der Waals surface area (Å²) in [6, 6.07) is 9.43.